The predicted molar refractivity (Wildman–Crippen MR) is 85.1 cm³/mol. The van der Waals surface area contributed by atoms with E-state index in [-0.39, 0.29) is 12.4 Å². The number of rotatable bonds is 4. The van der Waals surface area contributed by atoms with E-state index in [9.17, 15) is 4.79 Å². The Morgan fingerprint density at radius 1 is 1.26 bits per heavy atom. The Bertz CT molecular complexity index is 270. The van der Waals surface area contributed by atoms with E-state index >= 15 is 0 Å². The summed E-state index contributed by atoms with van der Waals surface area (Å²) in [4.78, 5) is 14.4. The molecule has 0 radical (unpaired) electrons. The molecule has 2 fully saturated rings. The van der Waals surface area contributed by atoms with Crippen molar-refractivity contribution in [3.05, 3.63) is 0 Å². The van der Waals surface area contributed by atoms with Crippen molar-refractivity contribution in [3.63, 3.8) is 0 Å². The maximum Gasteiger partial charge on any atom is 0.222 e. The molecule has 0 saturated carbocycles. The van der Waals surface area contributed by atoms with Gasteiger partial charge in [-0.15, -0.1) is 12.4 Å². The third-order valence-electron chi connectivity index (χ3n) is 4.20. The van der Waals surface area contributed by atoms with Gasteiger partial charge in [0.15, 0.2) is 0 Å². The van der Waals surface area contributed by atoms with Gasteiger partial charge in [0, 0.05) is 19.5 Å². The van der Waals surface area contributed by atoms with E-state index in [0.717, 1.165) is 38.5 Å². The van der Waals surface area contributed by atoms with Crippen LogP contribution >= 0.6 is 24.2 Å². The van der Waals surface area contributed by atoms with Crippen LogP contribution in [0.2, 0.25) is 0 Å². The van der Waals surface area contributed by atoms with Gasteiger partial charge in [0.2, 0.25) is 5.91 Å². The van der Waals surface area contributed by atoms with Gasteiger partial charge in [-0.2, -0.15) is 11.8 Å². The van der Waals surface area contributed by atoms with E-state index in [4.69, 9.17) is 0 Å². The molecule has 1 unspecified atom stereocenters. The number of nitrogens with zero attached hydrogens (tertiary/aromatic N) is 1. The van der Waals surface area contributed by atoms with Gasteiger partial charge in [0.1, 0.15) is 0 Å². The topological polar surface area (TPSA) is 32.3 Å². The summed E-state index contributed by atoms with van der Waals surface area (Å²) in [5.74, 6) is 2.97. The van der Waals surface area contributed by atoms with E-state index in [1.165, 1.54) is 31.4 Å². The minimum absolute atomic E-state index is 0. The van der Waals surface area contributed by atoms with Crippen molar-refractivity contribution < 1.29 is 4.79 Å². The lowest BCUT2D eigenvalue weighted by molar-refractivity contribution is -0.134. The number of likely N-dealkylation sites (tertiary alicyclic amines) is 1. The number of hydrogen-bond donors (Lipinski definition) is 1. The van der Waals surface area contributed by atoms with Crippen molar-refractivity contribution in [1.29, 1.82) is 0 Å². The van der Waals surface area contributed by atoms with Crippen molar-refractivity contribution in [2.45, 2.75) is 32.1 Å². The average Bonchev–Trinajstić information content (AvgIpc) is 2.40. The number of carbonyl (C=O) groups is 1. The molecule has 19 heavy (non-hydrogen) atoms. The molecular formula is C14H27ClN2OS. The zero-order valence-corrected chi connectivity index (χ0v) is 13.5. The van der Waals surface area contributed by atoms with Crippen LogP contribution in [0.25, 0.3) is 0 Å². The van der Waals surface area contributed by atoms with Crippen LogP contribution in [0, 0.1) is 11.8 Å². The summed E-state index contributed by atoms with van der Waals surface area (Å²) in [6.45, 7) is 4.18. The molecular weight excluding hydrogens is 280 g/mol. The molecule has 2 aliphatic rings. The van der Waals surface area contributed by atoms with E-state index in [0.29, 0.717) is 11.8 Å². The lowest BCUT2D eigenvalue weighted by Crippen LogP contribution is -2.42. The van der Waals surface area contributed by atoms with Crippen LogP contribution in [0.4, 0.5) is 0 Å². The Kier molecular flexibility index (Phi) is 8.19. The van der Waals surface area contributed by atoms with Crippen molar-refractivity contribution in [1.82, 2.24) is 10.2 Å². The highest BCUT2D eigenvalue weighted by Crippen LogP contribution is 2.23. The molecule has 5 heteroatoms. The van der Waals surface area contributed by atoms with Gasteiger partial charge in [0.25, 0.3) is 0 Å². The Labute approximate surface area is 127 Å². The molecule has 0 aromatic heterocycles. The molecule has 3 nitrogen and oxygen atoms in total. The van der Waals surface area contributed by atoms with E-state index in [1.54, 1.807) is 0 Å². The fourth-order valence-corrected chi connectivity index (χ4v) is 3.87. The third kappa shape index (κ3) is 5.52. The molecule has 2 saturated heterocycles. The van der Waals surface area contributed by atoms with Crippen molar-refractivity contribution in [3.8, 4) is 0 Å². The Morgan fingerprint density at radius 3 is 2.68 bits per heavy atom. The number of hydrogen-bond acceptors (Lipinski definition) is 3. The van der Waals surface area contributed by atoms with Crippen molar-refractivity contribution >= 4 is 30.1 Å². The highest BCUT2D eigenvalue weighted by molar-refractivity contribution is 7.98. The minimum Gasteiger partial charge on any atom is -0.342 e. The van der Waals surface area contributed by atoms with Crippen LogP contribution in [0.3, 0.4) is 0 Å². The summed E-state index contributed by atoms with van der Waals surface area (Å²) >= 11 is 1.91. The second-order valence-electron chi connectivity index (χ2n) is 5.70. The maximum atomic E-state index is 12.3. The summed E-state index contributed by atoms with van der Waals surface area (Å²) in [6.07, 6.45) is 7.80. The second kappa shape index (κ2) is 9.09. The molecule has 1 N–H and O–H groups in total. The SMILES string of the molecule is CSCC1CCCN(C(=O)CC2CCNCC2)C1.Cl. The highest BCUT2D eigenvalue weighted by Gasteiger charge is 2.25. The largest absolute Gasteiger partial charge is 0.342 e. The number of halogens is 1. The molecule has 0 aromatic carbocycles. The lowest BCUT2D eigenvalue weighted by atomic mass is 9.93. The average molecular weight is 307 g/mol. The summed E-state index contributed by atoms with van der Waals surface area (Å²) in [5.41, 5.74) is 0. The van der Waals surface area contributed by atoms with Gasteiger partial charge in [-0.25, -0.2) is 0 Å². The summed E-state index contributed by atoms with van der Waals surface area (Å²) in [7, 11) is 0. The van der Waals surface area contributed by atoms with Crippen LogP contribution in [-0.4, -0.2) is 49.0 Å². The second-order valence-corrected chi connectivity index (χ2v) is 6.61. The number of piperidine rings is 2. The van der Waals surface area contributed by atoms with Gasteiger partial charge >= 0.3 is 0 Å². The maximum absolute atomic E-state index is 12.3. The van der Waals surface area contributed by atoms with Crippen LogP contribution in [0.15, 0.2) is 0 Å². The standard InChI is InChI=1S/C14H26N2OS.ClH/c1-18-11-13-3-2-8-16(10-13)14(17)9-12-4-6-15-7-5-12;/h12-13,15H,2-11H2,1H3;1H. The van der Waals surface area contributed by atoms with Gasteiger partial charge in [-0.05, 0) is 62.6 Å². The van der Waals surface area contributed by atoms with Gasteiger partial charge < -0.3 is 10.2 Å². The fraction of sp³-hybridized carbons (Fsp3) is 0.929. The molecule has 1 atom stereocenters. The molecule has 0 aliphatic carbocycles. The van der Waals surface area contributed by atoms with Gasteiger partial charge in [-0.3, -0.25) is 4.79 Å². The summed E-state index contributed by atoms with van der Waals surface area (Å²) in [6, 6.07) is 0. The molecule has 0 aromatic rings. The van der Waals surface area contributed by atoms with Crippen LogP contribution < -0.4 is 5.32 Å². The van der Waals surface area contributed by atoms with Crippen LogP contribution in [0.5, 0.6) is 0 Å². The molecule has 112 valence electrons. The predicted octanol–water partition coefficient (Wildman–Crippen LogP) is 2.40. The number of carbonyl (C=O) groups excluding carboxylic acids is 1. The quantitative estimate of drug-likeness (QED) is 0.865. The Hall–Kier alpha value is 0.0700. The lowest BCUT2D eigenvalue weighted by Gasteiger charge is -2.34. The first-order valence-corrected chi connectivity index (χ1v) is 8.66. The number of thioether (sulfide) groups is 1. The minimum atomic E-state index is 0. The smallest absolute Gasteiger partial charge is 0.222 e. The van der Waals surface area contributed by atoms with Crippen LogP contribution in [-0.2, 0) is 4.79 Å². The molecule has 2 heterocycles. The first-order valence-electron chi connectivity index (χ1n) is 7.27. The Balaban J connectivity index is 0.00000180. The van der Waals surface area contributed by atoms with Crippen molar-refractivity contribution in [2.75, 3.05) is 38.2 Å². The third-order valence-corrected chi connectivity index (χ3v) is 5.00. The zero-order chi connectivity index (χ0) is 12.8. The molecule has 1 amide bonds. The monoisotopic (exact) mass is 306 g/mol. The van der Waals surface area contributed by atoms with Crippen LogP contribution in [0.1, 0.15) is 32.1 Å². The Morgan fingerprint density at radius 2 is 2.00 bits per heavy atom. The highest BCUT2D eigenvalue weighted by atomic mass is 35.5. The first kappa shape index (κ1) is 17.1. The molecule has 0 bridgehead atoms. The van der Waals surface area contributed by atoms with Crippen molar-refractivity contribution in [2.24, 2.45) is 11.8 Å². The van der Waals surface area contributed by atoms with E-state index < -0.39 is 0 Å². The number of nitrogens with one attached hydrogen (secondary N) is 1. The van der Waals surface area contributed by atoms with Gasteiger partial charge in [-0.1, -0.05) is 0 Å². The van der Waals surface area contributed by atoms with E-state index in [1.807, 2.05) is 11.8 Å². The first-order chi connectivity index (χ1) is 8.79. The van der Waals surface area contributed by atoms with Gasteiger partial charge in [0.05, 0.1) is 0 Å². The normalized spacial score (nSPS) is 24.9. The fourth-order valence-electron chi connectivity index (χ4n) is 3.13. The zero-order valence-electron chi connectivity index (χ0n) is 11.9. The molecule has 2 aliphatic heterocycles. The molecule has 2 rings (SSSR count). The summed E-state index contributed by atoms with van der Waals surface area (Å²) in [5, 5.41) is 3.36. The molecule has 0 spiro atoms. The number of amides is 1. The summed E-state index contributed by atoms with van der Waals surface area (Å²) < 4.78 is 0. The van der Waals surface area contributed by atoms with E-state index in [2.05, 4.69) is 16.5 Å².